The van der Waals surface area contributed by atoms with Gasteiger partial charge in [0.15, 0.2) is 12.4 Å². The van der Waals surface area contributed by atoms with Crippen molar-refractivity contribution >= 4 is 85.1 Å². The molecule has 0 bridgehead atoms. The van der Waals surface area contributed by atoms with Crippen LogP contribution in [0.2, 0.25) is 0 Å². The maximum absolute atomic E-state index is 11.7. The molecule has 0 aromatic rings. The minimum Gasteiger partial charge on any atom is -0.750 e. The van der Waals surface area contributed by atoms with Crippen LogP contribution >= 0.6 is 0 Å². The van der Waals surface area contributed by atoms with Crippen molar-refractivity contribution in [2.24, 2.45) is 0 Å². The summed E-state index contributed by atoms with van der Waals surface area (Å²) >= 11 is -7.32. The minimum absolute atomic E-state index is 1.24. The van der Waals surface area contributed by atoms with Crippen LogP contribution in [0.3, 0.4) is 0 Å². The number of hydrogen-bond acceptors (Lipinski definition) is 26. The zero-order valence-electron chi connectivity index (χ0n) is 23.3. The van der Waals surface area contributed by atoms with Gasteiger partial charge in [-0.3, -0.25) is 35.7 Å². The maximum Gasteiger partial charge on any atom is 0.397 e. The fraction of sp³-hybridized carbons (Fsp3) is 1.00. The highest BCUT2D eigenvalue weighted by Crippen LogP contribution is 2.29. The van der Waals surface area contributed by atoms with E-state index in [1.54, 1.807) is 0 Å². The summed E-state index contributed by atoms with van der Waals surface area (Å²) in [6.07, 6.45) is -24.0. The monoisotopic (exact) mass is 920 g/mol. The second-order valence-corrected chi connectivity index (χ2v) is 16.0. The van der Waals surface area contributed by atoms with E-state index in [-0.39, 0.29) is 0 Å². The summed E-state index contributed by atoms with van der Waals surface area (Å²) in [7, 11) is -36.2. The van der Waals surface area contributed by atoms with Gasteiger partial charge in [0.1, 0.15) is 36.6 Å². The largest absolute Gasteiger partial charge is 0.750 e. The lowest BCUT2D eigenvalue weighted by molar-refractivity contribution is -0.262. The average molecular weight is 921 g/mol. The van der Waals surface area contributed by atoms with Gasteiger partial charge in [0.25, 0.3) is 0 Å². The number of hydrogen-bond donors (Lipinski definition) is 6. The van der Waals surface area contributed by atoms with Crippen molar-refractivity contribution in [3.8, 4) is 0 Å². The highest BCUT2D eigenvalue weighted by Gasteiger charge is 2.50. The molecule has 51 heavy (non-hydrogen) atoms. The Hall–Kier alpha value is -0.720. The lowest BCUT2D eigenvalue weighted by Gasteiger charge is -2.41. The van der Waals surface area contributed by atoms with Gasteiger partial charge in [0, 0.05) is 0 Å². The zero-order valence-corrected chi connectivity index (χ0v) is 29.8. The molecule has 40 heteroatoms. The van der Waals surface area contributed by atoms with Crippen LogP contribution < -0.4 is 0 Å². The fourth-order valence-corrected chi connectivity index (χ4v) is 7.02. The molecule has 6 N–H and O–H groups in total. The smallest absolute Gasteiger partial charge is 0.397 e. The molecule has 0 aromatic heterocycles. The first-order valence-electron chi connectivity index (χ1n) is 11.3. The molecule has 0 aliphatic carbocycles. The van der Waals surface area contributed by atoms with Crippen molar-refractivity contribution < 1.29 is 138 Å². The molecule has 1 heterocycles. The van der Waals surface area contributed by atoms with E-state index in [0.717, 1.165) is 0 Å². The number of ether oxygens (including phenoxy) is 2. The Balaban J connectivity index is 3.93. The molecule has 32 nitrogen and oxygen atoms in total. The molecule has 1 aliphatic rings. The van der Waals surface area contributed by atoms with Crippen molar-refractivity contribution in [2.75, 3.05) is 19.8 Å². The van der Waals surface area contributed by atoms with Crippen LogP contribution in [0.15, 0.2) is 0 Å². The van der Waals surface area contributed by atoms with Crippen LogP contribution in [0.25, 0.3) is 0 Å². The number of rotatable bonds is 23. The van der Waals surface area contributed by atoms with Crippen molar-refractivity contribution in [1.82, 2.24) is 0 Å². The third-order valence-electron chi connectivity index (χ3n) is 4.83. The third kappa shape index (κ3) is 21.1. The molecule has 0 aromatic carbocycles. The first-order chi connectivity index (χ1) is 22.6. The highest BCUT2D eigenvalue weighted by atomic mass is 32.3. The quantitative estimate of drug-likeness (QED) is 0.0410. The highest BCUT2D eigenvalue weighted by molar-refractivity contribution is 7.82. The lowest BCUT2D eigenvalue weighted by atomic mass is 10.0. The van der Waals surface area contributed by atoms with Crippen LogP contribution in [0, 0.1) is 0 Å². The van der Waals surface area contributed by atoms with Crippen molar-refractivity contribution in [3.05, 3.63) is 0 Å². The third-order valence-corrected chi connectivity index (χ3v) is 8.42. The van der Waals surface area contributed by atoms with Gasteiger partial charge < -0.3 is 18.6 Å². The van der Waals surface area contributed by atoms with Crippen molar-refractivity contribution in [1.29, 1.82) is 0 Å². The Morgan fingerprint density at radius 2 is 1.00 bits per heavy atom. The molecule has 0 spiro atoms. The summed E-state index contributed by atoms with van der Waals surface area (Å²) in [5, 5.41) is 0. The van der Waals surface area contributed by atoms with Gasteiger partial charge in [-0.1, -0.05) is 0 Å². The maximum atomic E-state index is 11.7. The molecule has 1 fully saturated rings. The minimum atomic E-state index is -6.24. The van der Waals surface area contributed by atoms with E-state index in [1.807, 2.05) is 0 Å². The SMILES string of the molecule is O=S([O-])O[C@H]1[C@H](OS(=O)(=O)O)[C@@H](OC[C@@H](OS(=O)(=O)O)[C@@H](OS(=O)(=O)O)[C@H](OS(=O)(=O)O)[C@@H](COS(=O)(=O)O)OS(=O)(=O)O)OC[C@H]1OS(=O)[O-]. The molecule has 2 unspecified atom stereocenters. The van der Waals surface area contributed by atoms with E-state index in [2.05, 4.69) is 33.5 Å². The van der Waals surface area contributed by atoms with Crippen LogP contribution in [-0.2, 0) is 128 Å². The van der Waals surface area contributed by atoms with Crippen molar-refractivity contribution in [3.63, 3.8) is 0 Å². The van der Waals surface area contributed by atoms with Gasteiger partial charge >= 0.3 is 62.4 Å². The van der Waals surface area contributed by atoms with Gasteiger partial charge in [-0.05, 0) is 0 Å². The molecule has 10 atom stereocenters. The summed E-state index contributed by atoms with van der Waals surface area (Å²) in [6, 6.07) is 0. The molecular weight excluding hydrogens is 901 g/mol. The standard InChI is InChI=1S/C11H22O32S8/c12-44(13)37-4-1-34-11(10(43-51(31,32)33)7(4)38-45(14)15)35-2-5(39-47(19,20)21)8(41-49(25,26)27)9(42-50(28,29)30)6(40-48(22,23)24)3-36-46(16,17)18/h4-11H,1-3H2,(H,12,13)(H,14,15)(H,16,17,18)(H,19,20,21)(H,22,23,24)(H,25,26,27)(H,28,29,30)(H,31,32,33)/p-2/t4-,5-,6-,7-,8-,9-,10+,11-/m1/s1. The lowest BCUT2D eigenvalue weighted by Crippen LogP contribution is -2.59. The van der Waals surface area contributed by atoms with E-state index in [1.165, 1.54) is 0 Å². The molecule has 0 radical (unpaired) electrons. The Kier molecular flexibility index (Phi) is 17.8. The topological polar surface area (TPSA) is 499 Å². The summed E-state index contributed by atoms with van der Waals surface area (Å²) in [6.45, 7) is -5.41. The van der Waals surface area contributed by atoms with Crippen molar-refractivity contribution in [2.45, 2.75) is 49.0 Å². The second-order valence-electron chi connectivity index (χ2n) is 8.44. The van der Waals surface area contributed by atoms with Gasteiger partial charge in [-0.15, -0.1) is 0 Å². The van der Waals surface area contributed by atoms with E-state index >= 15 is 0 Å². The van der Waals surface area contributed by atoms with E-state index in [4.69, 9.17) is 23.1 Å². The molecule has 1 saturated heterocycles. The Morgan fingerprint density at radius 3 is 1.35 bits per heavy atom. The zero-order chi connectivity index (χ0) is 40.0. The van der Waals surface area contributed by atoms with Gasteiger partial charge in [-0.2, -0.15) is 50.5 Å². The van der Waals surface area contributed by atoms with Crippen LogP contribution in [0.4, 0.5) is 0 Å². The molecule has 1 rings (SSSR count). The predicted molar refractivity (Wildman–Crippen MR) is 143 cm³/mol. The summed E-state index contributed by atoms with van der Waals surface area (Å²) in [4.78, 5) is 0. The summed E-state index contributed by atoms with van der Waals surface area (Å²) in [5.74, 6) is 0. The second kappa shape index (κ2) is 18.7. The van der Waals surface area contributed by atoms with E-state index in [0.29, 0.717) is 0 Å². The first-order valence-corrected chi connectivity index (χ1v) is 21.5. The Bertz CT molecular complexity index is 1880. The predicted octanol–water partition coefficient (Wildman–Crippen LogP) is -6.52. The Labute approximate surface area is 291 Å². The summed E-state index contributed by atoms with van der Waals surface area (Å²) in [5.41, 5.74) is 0. The Morgan fingerprint density at radius 1 is 0.588 bits per heavy atom. The van der Waals surface area contributed by atoms with Gasteiger partial charge in [-0.25, -0.2) is 33.5 Å². The fourth-order valence-electron chi connectivity index (χ4n) is 3.47. The first kappa shape index (κ1) is 48.3. The van der Waals surface area contributed by atoms with Crippen LogP contribution in [-0.4, -0.2) is 164 Å². The molecular formula is C11H20O32S8-2. The average Bonchev–Trinajstić information content (AvgIpc) is 2.85. The molecule has 0 amide bonds. The van der Waals surface area contributed by atoms with Gasteiger partial charge in [0.05, 0.1) is 42.5 Å². The molecule has 306 valence electrons. The van der Waals surface area contributed by atoms with E-state index < -0.39 is 154 Å². The normalized spacial score (nSPS) is 25.0. The van der Waals surface area contributed by atoms with Crippen LogP contribution in [0.5, 0.6) is 0 Å². The van der Waals surface area contributed by atoms with E-state index in [9.17, 15) is 81.7 Å². The summed E-state index contributed by atoms with van der Waals surface area (Å²) < 4.78 is 279. The molecule has 1 aliphatic heterocycles. The molecule has 0 saturated carbocycles. The van der Waals surface area contributed by atoms with Gasteiger partial charge in [0.2, 0.25) is 0 Å². The van der Waals surface area contributed by atoms with Crippen LogP contribution in [0.1, 0.15) is 0 Å².